The first-order valence-electron chi connectivity index (χ1n) is 2.81. The molecular formula is C5H6ClNO2S2. The third kappa shape index (κ3) is 3.18. The van der Waals surface area contributed by atoms with Crippen LogP contribution >= 0.6 is 22.0 Å². The van der Waals surface area contributed by atoms with Crippen LogP contribution in [0.1, 0.15) is 9.88 Å². The Morgan fingerprint density at radius 2 is 2.36 bits per heavy atom. The Balaban J connectivity index is 2.81. The summed E-state index contributed by atoms with van der Waals surface area (Å²) in [4.78, 5) is 4.57. The molecule has 0 saturated carbocycles. The van der Waals surface area contributed by atoms with Gasteiger partial charge in [0.05, 0.1) is 5.01 Å². The Labute approximate surface area is 73.5 Å². The highest BCUT2D eigenvalue weighted by atomic mass is 35.7. The number of hydrogen-bond donors (Lipinski definition) is 0. The lowest BCUT2D eigenvalue weighted by Crippen LogP contribution is -1.91. The van der Waals surface area contributed by atoms with Crippen molar-refractivity contribution in [2.45, 2.75) is 12.7 Å². The van der Waals surface area contributed by atoms with Gasteiger partial charge < -0.3 is 0 Å². The van der Waals surface area contributed by atoms with Gasteiger partial charge in [0.1, 0.15) is 5.75 Å². The summed E-state index contributed by atoms with van der Waals surface area (Å²) in [6.45, 7) is 1.81. The first kappa shape index (κ1) is 8.96. The van der Waals surface area contributed by atoms with Gasteiger partial charge in [-0.3, -0.25) is 0 Å². The molecule has 0 aliphatic heterocycles. The second-order valence-corrected chi connectivity index (χ2v) is 6.13. The average Bonchev–Trinajstić information content (AvgIpc) is 2.10. The van der Waals surface area contributed by atoms with Crippen molar-refractivity contribution in [3.8, 4) is 0 Å². The SMILES string of the molecule is Cc1ncc(CS(=O)(=O)Cl)s1. The highest BCUT2D eigenvalue weighted by molar-refractivity contribution is 8.13. The molecule has 0 aromatic carbocycles. The standard InChI is InChI=1S/C5H6ClNO2S2/c1-4-7-2-5(10-4)3-11(6,8)9/h2H,3H2,1H3. The van der Waals surface area contributed by atoms with E-state index >= 15 is 0 Å². The van der Waals surface area contributed by atoms with Crippen molar-refractivity contribution in [2.24, 2.45) is 0 Å². The van der Waals surface area contributed by atoms with E-state index in [1.165, 1.54) is 17.5 Å². The molecule has 1 rings (SSSR count). The molecule has 0 amide bonds. The third-order valence-corrected chi connectivity index (χ3v) is 3.06. The van der Waals surface area contributed by atoms with Crippen LogP contribution in [-0.2, 0) is 14.8 Å². The van der Waals surface area contributed by atoms with Crippen LogP contribution in [0.2, 0.25) is 0 Å². The minimum absolute atomic E-state index is 0.125. The Hall–Kier alpha value is -0.130. The Bertz CT molecular complexity index is 343. The van der Waals surface area contributed by atoms with E-state index in [4.69, 9.17) is 10.7 Å². The highest BCUT2D eigenvalue weighted by Crippen LogP contribution is 2.16. The Morgan fingerprint density at radius 1 is 1.73 bits per heavy atom. The van der Waals surface area contributed by atoms with E-state index in [1.54, 1.807) is 0 Å². The second kappa shape index (κ2) is 3.08. The zero-order chi connectivity index (χ0) is 8.48. The summed E-state index contributed by atoms with van der Waals surface area (Å²) in [6.07, 6.45) is 1.53. The van der Waals surface area contributed by atoms with Crippen LogP contribution in [0, 0.1) is 6.92 Å². The van der Waals surface area contributed by atoms with Crippen LogP contribution in [0.4, 0.5) is 0 Å². The maximum Gasteiger partial charge on any atom is 0.237 e. The summed E-state index contributed by atoms with van der Waals surface area (Å²) in [7, 11) is 1.61. The van der Waals surface area contributed by atoms with Crippen molar-refractivity contribution in [2.75, 3.05) is 0 Å². The summed E-state index contributed by atoms with van der Waals surface area (Å²) in [6, 6.07) is 0. The highest BCUT2D eigenvalue weighted by Gasteiger charge is 2.08. The fourth-order valence-corrected chi connectivity index (χ4v) is 2.89. The van der Waals surface area contributed by atoms with E-state index < -0.39 is 9.05 Å². The van der Waals surface area contributed by atoms with Crippen molar-refractivity contribution in [3.63, 3.8) is 0 Å². The van der Waals surface area contributed by atoms with Crippen LogP contribution < -0.4 is 0 Å². The Kier molecular flexibility index (Phi) is 2.51. The minimum atomic E-state index is -3.42. The van der Waals surface area contributed by atoms with Gasteiger partial charge in [0.25, 0.3) is 0 Å². The van der Waals surface area contributed by atoms with Crippen LogP contribution in [-0.4, -0.2) is 13.4 Å². The molecule has 0 unspecified atom stereocenters. The van der Waals surface area contributed by atoms with Crippen LogP contribution in [0.5, 0.6) is 0 Å². The van der Waals surface area contributed by atoms with Crippen molar-refractivity contribution < 1.29 is 8.42 Å². The molecule has 0 aliphatic rings. The number of hydrogen-bond acceptors (Lipinski definition) is 4. The molecule has 0 fully saturated rings. The molecule has 0 aliphatic carbocycles. The van der Waals surface area contributed by atoms with Gasteiger partial charge >= 0.3 is 0 Å². The molecule has 6 heteroatoms. The first-order valence-corrected chi connectivity index (χ1v) is 6.10. The van der Waals surface area contributed by atoms with E-state index in [0.29, 0.717) is 4.88 Å². The zero-order valence-corrected chi connectivity index (χ0v) is 8.13. The predicted molar refractivity (Wildman–Crippen MR) is 45.3 cm³/mol. The molecule has 0 saturated heterocycles. The molecule has 0 bridgehead atoms. The molecule has 62 valence electrons. The van der Waals surface area contributed by atoms with Crippen LogP contribution in [0.3, 0.4) is 0 Å². The van der Waals surface area contributed by atoms with Crippen molar-refractivity contribution >= 4 is 31.1 Å². The summed E-state index contributed by atoms with van der Waals surface area (Å²) >= 11 is 1.34. The second-order valence-electron chi connectivity index (χ2n) is 2.03. The van der Waals surface area contributed by atoms with Crippen molar-refractivity contribution in [3.05, 3.63) is 16.1 Å². The monoisotopic (exact) mass is 211 g/mol. The quantitative estimate of drug-likeness (QED) is 0.697. The lowest BCUT2D eigenvalue weighted by atomic mass is 10.6. The van der Waals surface area contributed by atoms with Crippen LogP contribution in [0.25, 0.3) is 0 Å². The molecule has 1 aromatic rings. The molecular weight excluding hydrogens is 206 g/mol. The number of thiazole rings is 1. The largest absolute Gasteiger partial charge is 0.250 e. The number of halogens is 1. The normalized spacial score (nSPS) is 11.8. The average molecular weight is 212 g/mol. The van der Waals surface area contributed by atoms with Crippen molar-refractivity contribution in [1.29, 1.82) is 0 Å². The summed E-state index contributed by atoms with van der Waals surface area (Å²) in [5.41, 5.74) is 0. The summed E-state index contributed by atoms with van der Waals surface area (Å²) in [5.74, 6) is -0.125. The fraction of sp³-hybridized carbons (Fsp3) is 0.400. The van der Waals surface area contributed by atoms with Gasteiger partial charge in [-0.1, -0.05) is 0 Å². The lowest BCUT2D eigenvalue weighted by molar-refractivity contribution is 0.609. The minimum Gasteiger partial charge on any atom is -0.250 e. The first-order chi connectivity index (χ1) is 4.97. The van der Waals surface area contributed by atoms with E-state index in [9.17, 15) is 8.42 Å². The predicted octanol–water partition coefficient (Wildman–Crippen LogP) is 1.52. The number of nitrogens with zero attached hydrogens (tertiary/aromatic N) is 1. The number of rotatable bonds is 2. The van der Waals surface area contributed by atoms with Gasteiger partial charge in [-0.05, 0) is 6.92 Å². The summed E-state index contributed by atoms with van der Waals surface area (Å²) in [5, 5.41) is 0.848. The van der Waals surface area contributed by atoms with E-state index in [1.807, 2.05) is 6.92 Å². The fourth-order valence-electron chi connectivity index (χ4n) is 0.642. The smallest absolute Gasteiger partial charge is 0.237 e. The molecule has 3 nitrogen and oxygen atoms in total. The topological polar surface area (TPSA) is 47.0 Å². The van der Waals surface area contributed by atoms with Gasteiger partial charge in [-0.2, -0.15) is 0 Å². The van der Waals surface area contributed by atoms with Crippen LogP contribution in [0.15, 0.2) is 6.20 Å². The van der Waals surface area contributed by atoms with Gasteiger partial charge in [0.15, 0.2) is 0 Å². The van der Waals surface area contributed by atoms with Gasteiger partial charge in [-0.15, -0.1) is 11.3 Å². The number of aromatic nitrogens is 1. The molecule has 0 atom stereocenters. The van der Waals surface area contributed by atoms with Crippen molar-refractivity contribution in [1.82, 2.24) is 4.98 Å². The summed E-state index contributed by atoms with van der Waals surface area (Å²) < 4.78 is 21.1. The molecule has 11 heavy (non-hydrogen) atoms. The van der Waals surface area contributed by atoms with Gasteiger partial charge in [0, 0.05) is 21.8 Å². The maximum atomic E-state index is 10.6. The van der Waals surface area contributed by atoms with E-state index in [2.05, 4.69) is 4.98 Å². The van der Waals surface area contributed by atoms with Gasteiger partial charge in [-0.25, -0.2) is 13.4 Å². The van der Waals surface area contributed by atoms with E-state index in [-0.39, 0.29) is 5.75 Å². The lowest BCUT2D eigenvalue weighted by Gasteiger charge is -1.87. The molecule has 0 radical (unpaired) electrons. The molecule has 0 N–H and O–H groups in total. The number of aryl methyl sites for hydroxylation is 1. The molecule has 1 heterocycles. The molecule has 0 spiro atoms. The Morgan fingerprint density at radius 3 is 2.73 bits per heavy atom. The maximum absolute atomic E-state index is 10.6. The molecule has 1 aromatic heterocycles. The zero-order valence-electron chi connectivity index (χ0n) is 5.74. The van der Waals surface area contributed by atoms with Gasteiger partial charge in [0.2, 0.25) is 9.05 Å². The van der Waals surface area contributed by atoms with E-state index in [0.717, 1.165) is 5.01 Å². The third-order valence-electron chi connectivity index (χ3n) is 0.984.